The highest BCUT2D eigenvalue weighted by atomic mass is 32.2. The number of rotatable bonds is 3. The SMILES string of the molecule is C.CC(O)S(=O)(=O)[O-].CC(O)S(=O)(=O)[O-].CC(O)S(=O)(=O)[O-].CCO.CCO.CCO. The zero-order valence-electron chi connectivity index (χ0n) is 17.4. The fourth-order valence-electron chi connectivity index (χ4n) is 0. The lowest BCUT2D eigenvalue weighted by atomic mass is 10.9. The van der Waals surface area contributed by atoms with Crippen LogP contribution in [-0.2, 0) is 30.4 Å². The predicted molar refractivity (Wildman–Crippen MR) is 109 cm³/mol. The summed E-state index contributed by atoms with van der Waals surface area (Å²) in [6.45, 7) is 8.51. The Bertz CT molecular complexity index is 533. The van der Waals surface area contributed by atoms with Gasteiger partial charge in [-0.2, -0.15) is 0 Å². The first-order valence-corrected chi connectivity index (χ1v) is 12.2. The third-order valence-corrected chi connectivity index (χ3v) is 3.76. The molecule has 200 valence electrons. The van der Waals surface area contributed by atoms with Crippen LogP contribution in [-0.4, -0.2) is 106 Å². The lowest BCUT2D eigenvalue weighted by Crippen LogP contribution is -2.14. The van der Waals surface area contributed by atoms with Crippen molar-refractivity contribution >= 4 is 30.4 Å². The van der Waals surface area contributed by atoms with Gasteiger partial charge in [-0.15, -0.1) is 0 Å². The largest absolute Gasteiger partial charge is 0.746 e. The standard InChI is InChI=1S/3C2H6O4S.3C2H6O.CH4/c3*1-2(3)7(4,5)6;3*1-2-3;/h3*2-3H,1H3,(H,4,5,6);3*3H,2H2,1H3;1H4/p-3. The average Bonchev–Trinajstić information content (AvgIpc) is 2.47. The molecule has 6 N–H and O–H groups in total. The molecule has 0 aliphatic rings. The van der Waals surface area contributed by atoms with E-state index in [4.69, 9.17) is 30.6 Å². The molecule has 0 saturated carbocycles. The topological polar surface area (TPSA) is 293 Å². The lowest BCUT2D eigenvalue weighted by Gasteiger charge is -2.07. The second-order valence-corrected chi connectivity index (χ2v) is 9.23. The maximum Gasteiger partial charge on any atom is 0.140 e. The van der Waals surface area contributed by atoms with Gasteiger partial charge in [-0.1, -0.05) is 7.43 Å². The molecule has 0 fully saturated rings. The summed E-state index contributed by atoms with van der Waals surface area (Å²) in [4.78, 5) is 0. The summed E-state index contributed by atoms with van der Waals surface area (Å²) in [6, 6.07) is 0. The van der Waals surface area contributed by atoms with Gasteiger partial charge in [-0.25, -0.2) is 25.3 Å². The number of aliphatic hydroxyl groups is 6. The summed E-state index contributed by atoms with van der Waals surface area (Å²) in [6.07, 6.45) is 0. The summed E-state index contributed by atoms with van der Waals surface area (Å²) in [5, 5.41) is 46.7. The average molecular weight is 530 g/mol. The molecule has 3 unspecified atom stereocenters. The van der Waals surface area contributed by atoms with E-state index in [9.17, 15) is 38.9 Å². The Labute approximate surface area is 185 Å². The molecule has 0 aliphatic carbocycles. The van der Waals surface area contributed by atoms with Gasteiger partial charge in [-0.3, -0.25) is 0 Å². The first kappa shape index (κ1) is 48.1. The Morgan fingerprint density at radius 2 is 0.581 bits per heavy atom. The Balaban J connectivity index is -0.0000000463. The van der Waals surface area contributed by atoms with Gasteiger partial charge in [0.2, 0.25) is 0 Å². The molecule has 0 aromatic carbocycles. The molecule has 0 bridgehead atoms. The van der Waals surface area contributed by atoms with E-state index in [1.165, 1.54) is 0 Å². The van der Waals surface area contributed by atoms with E-state index in [1.807, 2.05) is 0 Å². The molecule has 0 aliphatic heterocycles. The van der Waals surface area contributed by atoms with E-state index in [0.29, 0.717) is 0 Å². The Morgan fingerprint density at radius 1 is 0.548 bits per heavy atom. The molecule has 0 aromatic rings. The monoisotopic (exact) mass is 529 g/mol. The fourth-order valence-corrected chi connectivity index (χ4v) is 0. The molecule has 0 amide bonds. The van der Waals surface area contributed by atoms with Crippen molar-refractivity contribution in [2.45, 2.75) is 65.3 Å². The predicted octanol–water partition coefficient (Wildman–Crippen LogP) is -2.76. The molecule has 0 rings (SSSR count). The number of aliphatic hydroxyl groups excluding tert-OH is 6. The van der Waals surface area contributed by atoms with Crippen molar-refractivity contribution < 1.29 is 69.6 Å². The second-order valence-electron chi connectivity index (χ2n) is 4.23. The third kappa shape index (κ3) is 72.9. The minimum Gasteiger partial charge on any atom is -0.746 e. The number of hydrogen-bond donors (Lipinski definition) is 6. The molecule has 0 spiro atoms. The van der Waals surface area contributed by atoms with Gasteiger partial charge in [0.25, 0.3) is 0 Å². The van der Waals surface area contributed by atoms with Gasteiger partial charge in [0.1, 0.15) is 46.7 Å². The molecule has 18 heteroatoms. The molecule has 15 nitrogen and oxygen atoms in total. The van der Waals surface area contributed by atoms with Crippen LogP contribution in [0.25, 0.3) is 0 Å². The van der Waals surface area contributed by atoms with E-state index >= 15 is 0 Å². The molecule has 31 heavy (non-hydrogen) atoms. The van der Waals surface area contributed by atoms with E-state index < -0.39 is 46.7 Å². The molecule has 0 heterocycles. The van der Waals surface area contributed by atoms with Crippen LogP contribution in [0.1, 0.15) is 49.0 Å². The minimum atomic E-state index is -4.44. The Morgan fingerprint density at radius 3 is 0.581 bits per heavy atom. The van der Waals surface area contributed by atoms with Crippen molar-refractivity contribution in [3.05, 3.63) is 0 Å². The molecular formula is C13H37O15S3-3. The van der Waals surface area contributed by atoms with Crippen LogP contribution in [0.2, 0.25) is 0 Å². The highest BCUT2D eigenvalue weighted by Crippen LogP contribution is 1.89. The maximum atomic E-state index is 9.53. The van der Waals surface area contributed by atoms with E-state index in [2.05, 4.69) is 0 Å². The maximum absolute atomic E-state index is 9.53. The zero-order chi connectivity index (χ0) is 26.4. The van der Waals surface area contributed by atoms with Gasteiger partial charge < -0.3 is 44.3 Å². The molecule has 0 saturated heterocycles. The number of hydrogen-bond acceptors (Lipinski definition) is 15. The van der Waals surface area contributed by atoms with Crippen LogP contribution in [0.4, 0.5) is 0 Å². The van der Waals surface area contributed by atoms with Gasteiger partial charge in [-0.05, 0) is 41.5 Å². The first-order valence-electron chi connectivity index (χ1n) is 7.78. The van der Waals surface area contributed by atoms with Crippen LogP contribution in [0.5, 0.6) is 0 Å². The van der Waals surface area contributed by atoms with Gasteiger partial charge >= 0.3 is 0 Å². The normalized spacial score (nSPS) is 12.9. The van der Waals surface area contributed by atoms with Gasteiger partial charge in [0.15, 0.2) is 0 Å². The third-order valence-electron chi connectivity index (χ3n) is 1.25. The highest BCUT2D eigenvalue weighted by molar-refractivity contribution is 7.86. The molecule has 3 atom stereocenters. The van der Waals surface area contributed by atoms with Crippen molar-refractivity contribution in [2.24, 2.45) is 0 Å². The summed E-state index contributed by atoms with van der Waals surface area (Å²) < 4.78 is 85.7. The van der Waals surface area contributed by atoms with Gasteiger partial charge in [0.05, 0.1) is 0 Å². The zero-order valence-corrected chi connectivity index (χ0v) is 19.9. The fraction of sp³-hybridized carbons (Fsp3) is 1.00. The van der Waals surface area contributed by atoms with Crippen molar-refractivity contribution in [2.75, 3.05) is 19.8 Å². The Hall–Kier alpha value is -0.510. The van der Waals surface area contributed by atoms with Crippen LogP contribution >= 0.6 is 0 Å². The van der Waals surface area contributed by atoms with Crippen LogP contribution < -0.4 is 0 Å². The summed E-state index contributed by atoms with van der Waals surface area (Å²) in [7, 11) is -13.3. The summed E-state index contributed by atoms with van der Waals surface area (Å²) in [5.74, 6) is 0. The van der Waals surface area contributed by atoms with E-state index in [-0.39, 0.29) is 27.2 Å². The lowest BCUT2D eigenvalue weighted by molar-refractivity contribution is 0.249. The quantitative estimate of drug-likeness (QED) is 0.202. The van der Waals surface area contributed by atoms with Crippen molar-refractivity contribution in [3.8, 4) is 0 Å². The molecule has 0 aromatic heterocycles. The van der Waals surface area contributed by atoms with Crippen molar-refractivity contribution in [1.82, 2.24) is 0 Å². The van der Waals surface area contributed by atoms with Crippen molar-refractivity contribution in [1.29, 1.82) is 0 Å². The van der Waals surface area contributed by atoms with Crippen molar-refractivity contribution in [3.63, 3.8) is 0 Å². The van der Waals surface area contributed by atoms with E-state index in [1.54, 1.807) is 20.8 Å². The molecular weight excluding hydrogens is 492 g/mol. The highest BCUT2D eigenvalue weighted by Gasteiger charge is 2.01. The summed E-state index contributed by atoms with van der Waals surface area (Å²) >= 11 is 0. The van der Waals surface area contributed by atoms with Crippen LogP contribution in [0.3, 0.4) is 0 Å². The minimum absolute atomic E-state index is 0. The Kier molecular flexibility index (Phi) is 42.7. The second kappa shape index (κ2) is 27.5. The molecule has 0 radical (unpaired) electrons. The summed E-state index contributed by atoms with van der Waals surface area (Å²) in [5.41, 5.74) is -5.35. The van der Waals surface area contributed by atoms with Crippen LogP contribution in [0.15, 0.2) is 0 Å². The smallest absolute Gasteiger partial charge is 0.140 e. The van der Waals surface area contributed by atoms with E-state index in [0.717, 1.165) is 20.8 Å². The van der Waals surface area contributed by atoms with Gasteiger partial charge in [0, 0.05) is 19.8 Å². The van der Waals surface area contributed by atoms with Crippen LogP contribution in [0, 0.1) is 0 Å². The first-order chi connectivity index (χ1) is 13.1.